The van der Waals surface area contributed by atoms with Gasteiger partial charge in [0.1, 0.15) is 0 Å². The number of carboxylic acids is 1. The number of fused-ring (bicyclic) bond motifs is 1. The molecule has 5 nitrogen and oxygen atoms in total. The highest BCUT2D eigenvalue weighted by atomic mass is 35.5. The highest BCUT2D eigenvalue weighted by molar-refractivity contribution is 7.22. The number of carbonyl (C=O) groups excluding carboxylic acids is 1. The Balaban J connectivity index is 1.61. The van der Waals surface area contributed by atoms with Crippen LogP contribution < -0.4 is 5.32 Å². The minimum Gasteiger partial charge on any atom is -0.481 e. The van der Waals surface area contributed by atoms with Crippen LogP contribution in [0.3, 0.4) is 0 Å². The van der Waals surface area contributed by atoms with E-state index >= 15 is 4.39 Å². The van der Waals surface area contributed by atoms with Crippen molar-refractivity contribution in [3.05, 3.63) is 77.1 Å². The van der Waals surface area contributed by atoms with E-state index in [1.54, 1.807) is 42.5 Å². The number of nitrogens with one attached hydrogen (secondary N) is 1. The van der Waals surface area contributed by atoms with E-state index in [1.165, 1.54) is 11.3 Å². The second-order valence-electron chi connectivity index (χ2n) is 8.32. The fourth-order valence-corrected chi connectivity index (χ4v) is 5.72. The van der Waals surface area contributed by atoms with Crippen molar-refractivity contribution in [2.24, 2.45) is 11.8 Å². The number of nitrogens with zero attached hydrogens (tertiary/aromatic N) is 1. The Labute approximate surface area is 204 Å². The number of halogens is 2. The summed E-state index contributed by atoms with van der Waals surface area (Å²) in [7, 11) is 0. The molecule has 1 aliphatic carbocycles. The van der Waals surface area contributed by atoms with E-state index in [0.717, 1.165) is 4.70 Å². The van der Waals surface area contributed by atoms with Crippen molar-refractivity contribution in [1.29, 1.82) is 0 Å². The third kappa shape index (κ3) is 4.17. The number of carboxylic acid groups (broad SMARTS) is 1. The summed E-state index contributed by atoms with van der Waals surface area (Å²) in [6.45, 7) is 0. The predicted octanol–water partition coefficient (Wildman–Crippen LogP) is 7.18. The Kier molecular flexibility index (Phi) is 6.06. The highest BCUT2D eigenvalue weighted by Crippen LogP contribution is 2.40. The minimum atomic E-state index is -0.991. The first kappa shape index (κ1) is 22.5. The van der Waals surface area contributed by atoms with Gasteiger partial charge in [0, 0.05) is 22.1 Å². The molecule has 1 aliphatic rings. The van der Waals surface area contributed by atoms with Crippen LogP contribution in [0.4, 0.5) is 15.2 Å². The molecule has 2 N–H and O–H groups in total. The van der Waals surface area contributed by atoms with Gasteiger partial charge in [-0.25, -0.2) is 9.37 Å². The normalized spacial score (nSPS) is 17.7. The summed E-state index contributed by atoms with van der Waals surface area (Å²) in [5.41, 5.74) is 1.85. The molecule has 0 saturated heterocycles. The number of aromatic nitrogens is 1. The first-order chi connectivity index (χ1) is 16.4. The highest BCUT2D eigenvalue weighted by Gasteiger charge is 2.39. The number of benzene rings is 3. The lowest BCUT2D eigenvalue weighted by Crippen LogP contribution is -2.26. The van der Waals surface area contributed by atoms with Crippen molar-refractivity contribution in [3.8, 4) is 11.1 Å². The fourth-order valence-electron chi connectivity index (χ4n) is 4.57. The molecule has 0 aliphatic heterocycles. The predicted molar refractivity (Wildman–Crippen MR) is 133 cm³/mol. The first-order valence-electron chi connectivity index (χ1n) is 10.9. The van der Waals surface area contributed by atoms with E-state index in [-0.39, 0.29) is 17.0 Å². The number of thiazole rings is 1. The van der Waals surface area contributed by atoms with Gasteiger partial charge in [-0.1, -0.05) is 65.8 Å². The lowest BCUT2D eigenvalue weighted by atomic mass is 9.87. The van der Waals surface area contributed by atoms with Crippen molar-refractivity contribution in [3.63, 3.8) is 0 Å². The summed E-state index contributed by atoms with van der Waals surface area (Å²) in [6.07, 6.45) is 1.56. The molecule has 5 rings (SSSR count). The smallest absolute Gasteiger partial charge is 0.307 e. The van der Waals surface area contributed by atoms with Gasteiger partial charge in [0.25, 0.3) is 0 Å². The summed E-state index contributed by atoms with van der Waals surface area (Å²) in [6, 6.07) is 17.5. The number of anilines is 2. The van der Waals surface area contributed by atoms with Gasteiger partial charge < -0.3 is 10.4 Å². The lowest BCUT2D eigenvalue weighted by Gasteiger charge is -2.19. The van der Waals surface area contributed by atoms with Crippen LogP contribution in [0.15, 0.2) is 60.7 Å². The van der Waals surface area contributed by atoms with Crippen LogP contribution >= 0.6 is 22.9 Å². The molecular weight excluding hydrogens is 475 g/mol. The monoisotopic (exact) mass is 494 g/mol. The van der Waals surface area contributed by atoms with E-state index in [1.807, 2.05) is 18.2 Å². The minimum absolute atomic E-state index is 0.00699. The zero-order valence-corrected chi connectivity index (χ0v) is 19.5. The number of carbonyl (C=O) groups is 2. The quantitative estimate of drug-likeness (QED) is 0.277. The van der Waals surface area contributed by atoms with Gasteiger partial charge in [-0.2, -0.15) is 0 Å². The van der Waals surface area contributed by atoms with Crippen molar-refractivity contribution in [2.45, 2.75) is 19.3 Å². The Bertz CT molecular complexity index is 1410. The number of ketones is 1. The van der Waals surface area contributed by atoms with Crippen LogP contribution in [-0.2, 0) is 4.79 Å². The van der Waals surface area contributed by atoms with Crippen molar-refractivity contribution in [1.82, 2.24) is 4.98 Å². The van der Waals surface area contributed by atoms with Crippen molar-refractivity contribution in [2.75, 3.05) is 5.32 Å². The van der Waals surface area contributed by atoms with Gasteiger partial charge >= 0.3 is 5.97 Å². The molecule has 172 valence electrons. The van der Waals surface area contributed by atoms with Crippen LogP contribution in [0.1, 0.15) is 29.6 Å². The topological polar surface area (TPSA) is 79.3 Å². The van der Waals surface area contributed by atoms with E-state index < -0.39 is 23.6 Å². The molecule has 0 unspecified atom stereocenters. The largest absolute Gasteiger partial charge is 0.481 e. The zero-order chi connectivity index (χ0) is 23.8. The first-order valence-corrected chi connectivity index (χ1v) is 12.1. The molecule has 3 aromatic carbocycles. The second kappa shape index (κ2) is 9.16. The van der Waals surface area contributed by atoms with E-state index in [9.17, 15) is 14.7 Å². The summed E-state index contributed by atoms with van der Waals surface area (Å²) in [5.74, 6) is -3.39. The third-order valence-electron chi connectivity index (χ3n) is 6.24. The molecule has 1 aromatic heterocycles. The Morgan fingerprint density at radius 3 is 2.59 bits per heavy atom. The summed E-state index contributed by atoms with van der Waals surface area (Å²) < 4.78 is 16.8. The molecule has 4 aromatic rings. The average Bonchev–Trinajstić information content (AvgIpc) is 3.47. The maximum Gasteiger partial charge on any atom is 0.307 e. The SMILES string of the molecule is O=C(O)[C@@H]1CCC[C@H]1C(=O)c1ccc(-c2ccccc2)c(F)c1Nc1nc2ccc(Cl)cc2s1. The van der Waals surface area contributed by atoms with Crippen LogP contribution in [0.2, 0.25) is 5.02 Å². The Morgan fingerprint density at radius 2 is 1.82 bits per heavy atom. The fraction of sp³-hybridized carbons (Fsp3) is 0.192. The van der Waals surface area contributed by atoms with Gasteiger partial charge in [-0.3, -0.25) is 9.59 Å². The zero-order valence-electron chi connectivity index (χ0n) is 17.9. The summed E-state index contributed by atoms with van der Waals surface area (Å²) in [5, 5.41) is 13.6. The molecule has 1 heterocycles. The van der Waals surface area contributed by atoms with Crippen molar-refractivity contribution < 1.29 is 19.1 Å². The van der Waals surface area contributed by atoms with Crippen LogP contribution in [0, 0.1) is 17.7 Å². The molecule has 1 fully saturated rings. The van der Waals surface area contributed by atoms with E-state index in [4.69, 9.17) is 11.6 Å². The summed E-state index contributed by atoms with van der Waals surface area (Å²) >= 11 is 7.38. The Morgan fingerprint density at radius 1 is 1.06 bits per heavy atom. The molecule has 0 radical (unpaired) electrons. The number of hydrogen-bond acceptors (Lipinski definition) is 5. The average molecular weight is 495 g/mol. The molecule has 0 spiro atoms. The molecule has 2 atom stereocenters. The molecular formula is C26H20ClFN2O3S. The van der Waals surface area contributed by atoms with Gasteiger partial charge in [-0.05, 0) is 42.7 Å². The maximum atomic E-state index is 16.0. The van der Waals surface area contributed by atoms with Gasteiger partial charge in [0.2, 0.25) is 0 Å². The number of rotatable bonds is 6. The summed E-state index contributed by atoms with van der Waals surface area (Å²) in [4.78, 5) is 29.7. The number of aliphatic carboxylic acids is 1. The molecule has 0 amide bonds. The van der Waals surface area contributed by atoms with Gasteiger partial charge in [0.05, 0.1) is 21.8 Å². The maximum absolute atomic E-state index is 16.0. The van der Waals surface area contributed by atoms with Gasteiger partial charge in [-0.15, -0.1) is 0 Å². The second-order valence-corrected chi connectivity index (χ2v) is 9.79. The Hall–Kier alpha value is -3.29. The van der Waals surface area contributed by atoms with Crippen LogP contribution in [0.25, 0.3) is 21.3 Å². The molecule has 34 heavy (non-hydrogen) atoms. The molecule has 8 heteroatoms. The van der Waals surface area contributed by atoms with E-state index in [2.05, 4.69) is 10.3 Å². The van der Waals surface area contributed by atoms with Gasteiger partial charge in [0.15, 0.2) is 16.7 Å². The number of Topliss-reactive ketones (excluding diaryl/α,β-unsaturated/α-hetero) is 1. The standard InChI is InChI=1S/C26H20ClFN2O3S/c27-15-9-12-20-21(13-15)34-26(29-20)30-23-19(24(31)17-7-4-8-18(17)25(32)33)11-10-16(22(23)28)14-5-2-1-3-6-14/h1-3,5-6,9-13,17-18H,4,7-8H2,(H,29,30)(H,32,33)/t17-,18-/m1/s1. The molecule has 1 saturated carbocycles. The van der Waals surface area contributed by atoms with Crippen LogP contribution in [0.5, 0.6) is 0 Å². The van der Waals surface area contributed by atoms with Crippen LogP contribution in [-0.4, -0.2) is 21.8 Å². The van der Waals surface area contributed by atoms with Crippen molar-refractivity contribution >= 4 is 55.7 Å². The molecule has 0 bridgehead atoms. The number of hydrogen-bond donors (Lipinski definition) is 2. The lowest BCUT2D eigenvalue weighted by molar-refractivity contribution is -0.142. The third-order valence-corrected chi connectivity index (χ3v) is 7.41. The van der Waals surface area contributed by atoms with E-state index in [0.29, 0.717) is 46.1 Å².